The lowest BCUT2D eigenvalue weighted by molar-refractivity contribution is 0.0967. The van der Waals surface area contributed by atoms with Gasteiger partial charge in [0.15, 0.2) is 5.78 Å². The molecule has 1 saturated carbocycles. The summed E-state index contributed by atoms with van der Waals surface area (Å²) in [5.41, 5.74) is 0.197. The Morgan fingerprint density at radius 2 is 2.00 bits per heavy atom. The Kier molecular flexibility index (Phi) is 2.75. The van der Waals surface area contributed by atoms with Crippen molar-refractivity contribution in [3.05, 3.63) is 29.6 Å². The lowest BCUT2D eigenvalue weighted by Crippen LogP contribution is -2.04. The van der Waals surface area contributed by atoms with Crippen LogP contribution < -0.4 is 0 Å². The number of carbonyl (C=O) groups excluding carboxylic acids is 1. The van der Waals surface area contributed by atoms with Gasteiger partial charge in [-0.25, -0.2) is 12.8 Å². The molecule has 16 heavy (non-hydrogen) atoms. The van der Waals surface area contributed by atoms with Crippen molar-refractivity contribution >= 4 is 25.5 Å². The molecule has 1 aliphatic rings. The molecule has 1 aromatic carbocycles. The summed E-state index contributed by atoms with van der Waals surface area (Å²) >= 11 is 0. The number of ketones is 1. The molecular weight excluding hydrogens is 255 g/mol. The lowest BCUT2D eigenvalue weighted by Gasteiger charge is -2.02. The summed E-state index contributed by atoms with van der Waals surface area (Å²) in [5.74, 6) is -1.14. The van der Waals surface area contributed by atoms with Crippen LogP contribution in [0.25, 0.3) is 0 Å². The first-order valence-electron chi connectivity index (χ1n) is 4.68. The second kappa shape index (κ2) is 3.82. The summed E-state index contributed by atoms with van der Waals surface area (Å²) in [6, 6.07) is 3.23. The fraction of sp³-hybridized carbons (Fsp3) is 0.300. The summed E-state index contributed by atoms with van der Waals surface area (Å²) in [4.78, 5) is 11.0. The first-order chi connectivity index (χ1) is 7.39. The quantitative estimate of drug-likeness (QED) is 0.621. The van der Waals surface area contributed by atoms with E-state index in [1.165, 1.54) is 6.07 Å². The van der Waals surface area contributed by atoms with Gasteiger partial charge in [0.25, 0.3) is 9.05 Å². The normalized spacial score (nSPS) is 16.1. The first kappa shape index (κ1) is 11.5. The molecule has 1 aromatic rings. The Balaban J connectivity index is 2.47. The Labute approximate surface area is 96.6 Å². The highest BCUT2D eigenvalue weighted by atomic mass is 35.7. The fourth-order valence-electron chi connectivity index (χ4n) is 1.42. The number of Topliss-reactive ketones (excluding diaryl/α,β-unsaturated/α-hetero) is 1. The van der Waals surface area contributed by atoms with E-state index < -0.39 is 19.8 Å². The van der Waals surface area contributed by atoms with Crippen LogP contribution in [0.5, 0.6) is 0 Å². The second-order valence-electron chi connectivity index (χ2n) is 3.72. The zero-order valence-electron chi connectivity index (χ0n) is 8.11. The van der Waals surface area contributed by atoms with Crippen molar-refractivity contribution in [2.45, 2.75) is 17.7 Å². The summed E-state index contributed by atoms with van der Waals surface area (Å²) < 4.78 is 35.2. The summed E-state index contributed by atoms with van der Waals surface area (Å²) in [5, 5.41) is 0. The van der Waals surface area contributed by atoms with Gasteiger partial charge in [-0.2, -0.15) is 0 Å². The molecule has 0 saturated heterocycles. The molecule has 0 bridgehead atoms. The maximum absolute atomic E-state index is 13.2. The number of hydrogen-bond donors (Lipinski definition) is 0. The summed E-state index contributed by atoms with van der Waals surface area (Å²) in [7, 11) is 0.907. The molecule has 0 aliphatic heterocycles. The highest BCUT2D eigenvalue weighted by Gasteiger charge is 2.31. The van der Waals surface area contributed by atoms with Gasteiger partial charge < -0.3 is 0 Å². The van der Waals surface area contributed by atoms with Gasteiger partial charge in [0.1, 0.15) is 10.7 Å². The zero-order chi connectivity index (χ0) is 11.9. The predicted octanol–water partition coefficient (Wildman–Crippen LogP) is 2.35. The van der Waals surface area contributed by atoms with Gasteiger partial charge in [-0.1, -0.05) is 0 Å². The molecule has 0 N–H and O–H groups in total. The van der Waals surface area contributed by atoms with Crippen molar-refractivity contribution < 1.29 is 17.6 Å². The minimum absolute atomic E-state index is 0.0451. The molecule has 0 unspecified atom stereocenters. The van der Waals surface area contributed by atoms with Crippen molar-refractivity contribution in [3.63, 3.8) is 0 Å². The lowest BCUT2D eigenvalue weighted by atomic mass is 10.1. The monoisotopic (exact) mass is 262 g/mol. The van der Waals surface area contributed by atoms with Crippen LogP contribution >= 0.6 is 10.7 Å². The smallest absolute Gasteiger partial charge is 0.264 e. The molecule has 86 valence electrons. The maximum atomic E-state index is 13.2. The van der Waals surface area contributed by atoms with Gasteiger partial charge in [0.05, 0.1) is 0 Å². The van der Waals surface area contributed by atoms with E-state index in [1.54, 1.807) is 0 Å². The van der Waals surface area contributed by atoms with Crippen LogP contribution in [-0.4, -0.2) is 14.2 Å². The van der Waals surface area contributed by atoms with Crippen LogP contribution in [0, 0.1) is 11.7 Å². The molecule has 2 rings (SSSR count). The molecule has 0 atom stereocenters. The Bertz CT molecular complexity index is 549. The topological polar surface area (TPSA) is 51.2 Å². The van der Waals surface area contributed by atoms with Gasteiger partial charge >= 0.3 is 0 Å². The number of carbonyl (C=O) groups is 1. The van der Waals surface area contributed by atoms with Crippen molar-refractivity contribution in [2.75, 3.05) is 0 Å². The van der Waals surface area contributed by atoms with Gasteiger partial charge in [-0.05, 0) is 31.0 Å². The summed E-state index contributed by atoms with van der Waals surface area (Å²) in [6.07, 6.45) is 1.61. The van der Waals surface area contributed by atoms with Crippen LogP contribution in [0.1, 0.15) is 23.2 Å². The van der Waals surface area contributed by atoms with Crippen molar-refractivity contribution in [1.29, 1.82) is 0 Å². The third kappa shape index (κ3) is 2.25. The van der Waals surface area contributed by atoms with E-state index in [9.17, 15) is 17.6 Å². The Morgan fingerprint density at radius 1 is 1.38 bits per heavy atom. The third-order valence-corrected chi connectivity index (χ3v) is 3.76. The number of halogens is 2. The van der Waals surface area contributed by atoms with Crippen LogP contribution in [-0.2, 0) is 9.05 Å². The molecule has 6 heteroatoms. The van der Waals surface area contributed by atoms with Gasteiger partial charge in [0.2, 0.25) is 0 Å². The van der Waals surface area contributed by atoms with Gasteiger partial charge in [-0.3, -0.25) is 4.79 Å². The number of rotatable bonds is 3. The SMILES string of the molecule is O=C(c1ccc(F)c(S(=O)(=O)Cl)c1)C1CC1. The van der Waals surface area contributed by atoms with E-state index in [4.69, 9.17) is 10.7 Å². The van der Waals surface area contributed by atoms with E-state index in [0.29, 0.717) is 0 Å². The molecule has 0 amide bonds. The zero-order valence-corrected chi connectivity index (χ0v) is 9.68. The second-order valence-corrected chi connectivity index (χ2v) is 6.26. The highest BCUT2D eigenvalue weighted by Crippen LogP contribution is 2.33. The molecule has 1 aliphatic carbocycles. The third-order valence-electron chi connectivity index (χ3n) is 2.43. The number of hydrogen-bond acceptors (Lipinski definition) is 3. The van der Waals surface area contributed by atoms with E-state index in [0.717, 1.165) is 25.0 Å². The van der Waals surface area contributed by atoms with E-state index in [2.05, 4.69) is 0 Å². The molecular formula is C10H8ClFO3S. The molecule has 0 heterocycles. The largest absolute Gasteiger partial charge is 0.294 e. The van der Waals surface area contributed by atoms with Crippen molar-refractivity contribution in [2.24, 2.45) is 5.92 Å². The van der Waals surface area contributed by atoms with Crippen LogP contribution in [0.4, 0.5) is 4.39 Å². The standard InChI is InChI=1S/C10H8ClFO3S/c11-16(14,15)9-5-7(3-4-8(9)12)10(13)6-1-2-6/h3-6H,1-2H2. The Morgan fingerprint density at radius 3 is 2.50 bits per heavy atom. The average molecular weight is 263 g/mol. The van der Waals surface area contributed by atoms with Gasteiger partial charge in [0, 0.05) is 22.2 Å². The summed E-state index contributed by atoms with van der Waals surface area (Å²) in [6.45, 7) is 0. The molecule has 0 spiro atoms. The fourth-order valence-corrected chi connectivity index (χ4v) is 2.35. The average Bonchev–Trinajstić information content (AvgIpc) is 2.98. The van der Waals surface area contributed by atoms with Crippen molar-refractivity contribution in [3.8, 4) is 0 Å². The molecule has 0 aromatic heterocycles. The molecule has 3 nitrogen and oxygen atoms in total. The van der Waals surface area contributed by atoms with Crippen LogP contribution in [0.15, 0.2) is 23.1 Å². The van der Waals surface area contributed by atoms with E-state index in [-0.39, 0.29) is 17.3 Å². The van der Waals surface area contributed by atoms with E-state index >= 15 is 0 Å². The van der Waals surface area contributed by atoms with Gasteiger partial charge in [-0.15, -0.1) is 0 Å². The minimum atomic E-state index is -4.15. The number of benzene rings is 1. The van der Waals surface area contributed by atoms with Crippen LogP contribution in [0.2, 0.25) is 0 Å². The van der Waals surface area contributed by atoms with E-state index in [1.807, 2.05) is 0 Å². The predicted molar refractivity (Wildman–Crippen MR) is 56.5 cm³/mol. The van der Waals surface area contributed by atoms with Crippen LogP contribution in [0.3, 0.4) is 0 Å². The Hall–Kier alpha value is -0.940. The first-order valence-corrected chi connectivity index (χ1v) is 6.99. The minimum Gasteiger partial charge on any atom is -0.294 e. The molecule has 0 radical (unpaired) electrons. The molecule has 1 fully saturated rings. The highest BCUT2D eigenvalue weighted by molar-refractivity contribution is 8.13. The maximum Gasteiger partial charge on any atom is 0.264 e. The van der Waals surface area contributed by atoms with Crippen molar-refractivity contribution in [1.82, 2.24) is 0 Å².